The van der Waals surface area contributed by atoms with E-state index < -0.39 is 39.6 Å². The van der Waals surface area contributed by atoms with Gasteiger partial charge in [-0.15, -0.1) is 0 Å². The zero-order chi connectivity index (χ0) is 16.1. The molecule has 0 aliphatic heterocycles. The smallest absolute Gasteiger partial charge is 0.283 e. The van der Waals surface area contributed by atoms with Crippen LogP contribution in [-0.2, 0) is 10.1 Å². The van der Waals surface area contributed by atoms with Crippen molar-refractivity contribution in [1.82, 2.24) is 0 Å². The highest BCUT2D eigenvalue weighted by Crippen LogP contribution is 2.54. The molecule has 0 aromatic carbocycles. The lowest BCUT2D eigenvalue weighted by molar-refractivity contribution is -0.399. The zero-order valence-electron chi connectivity index (χ0n) is 8.03. The van der Waals surface area contributed by atoms with Crippen molar-refractivity contribution in [1.29, 1.82) is 0 Å². The van der Waals surface area contributed by atoms with Gasteiger partial charge < -0.3 is 0 Å². The van der Waals surface area contributed by atoms with E-state index in [2.05, 4.69) is 0 Å². The van der Waals surface area contributed by atoms with Crippen molar-refractivity contribution >= 4 is 10.1 Å². The van der Waals surface area contributed by atoms with Crippen LogP contribution in [0.4, 0.5) is 43.9 Å². The van der Waals surface area contributed by atoms with E-state index in [4.69, 9.17) is 4.55 Å². The molecule has 3 nitrogen and oxygen atoms in total. The summed E-state index contributed by atoms with van der Waals surface area (Å²) in [6.45, 7) is 0. The molecule has 0 aromatic rings. The van der Waals surface area contributed by atoms with Crippen LogP contribution in [0.25, 0.3) is 0 Å². The molecule has 1 unspecified atom stereocenters. The van der Waals surface area contributed by atoms with Gasteiger partial charge in [0, 0.05) is 0 Å². The molecule has 0 saturated carbocycles. The predicted octanol–water partition coefficient (Wildman–Crippen LogP) is 2.64. The van der Waals surface area contributed by atoms with Crippen LogP contribution in [0, 0.1) is 0 Å². The van der Waals surface area contributed by atoms with E-state index in [1.54, 1.807) is 0 Å². The molecule has 0 aliphatic rings. The Kier molecular flexibility index (Phi) is 4.18. The van der Waals surface area contributed by atoms with E-state index >= 15 is 0 Å². The number of hydrogen-bond acceptors (Lipinski definition) is 2. The Bertz CT molecular complexity index is 437. The number of rotatable bonds is 4. The number of alkyl halides is 10. The molecular formula is C5H2F10O3S. The molecule has 1 atom stereocenters. The largest absolute Gasteiger partial charge is 0.460 e. The topological polar surface area (TPSA) is 54.4 Å². The Morgan fingerprint density at radius 3 is 1.32 bits per heavy atom. The Balaban J connectivity index is 5.92. The summed E-state index contributed by atoms with van der Waals surface area (Å²) >= 11 is 0. The lowest BCUT2D eigenvalue weighted by atomic mass is 10.1. The van der Waals surface area contributed by atoms with Gasteiger partial charge in [-0.25, -0.2) is 4.39 Å². The van der Waals surface area contributed by atoms with Gasteiger partial charge in [-0.05, 0) is 0 Å². The molecule has 0 radical (unpaired) electrons. The first-order valence-corrected chi connectivity index (χ1v) is 5.21. The quantitative estimate of drug-likeness (QED) is 0.636. The van der Waals surface area contributed by atoms with Gasteiger partial charge >= 0.3 is 34.1 Å². The Morgan fingerprint density at radius 1 is 0.789 bits per heavy atom. The molecule has 14 heteroatoms. The maximum Gasteiger partial charge on any atom is 0.460 e. The van der Waals surface area contributed by atoms with Crippen LogP contribution in [0.15, 0.2) is 0 Å². The van der Waals surface area contributed by atoms with E-state index in [1.165, 1.54) is 0 Å². The van der Waals surface area contributed by atoms with E-state index in [0.29, 0.717) is 0 Å². The van der Waals surface area contributed by atoms with Crippen molar-refractivity contribution in [3.63, 3.8) is 0 Å². The molecule has 0 fully saturated rings. The first-order valence-electron chi connectivity index (χ1n) is 3.71. The van der Waals surface area contributed by atoms with E-state index in [1.807, 2.05) is 0 Å². The maximum absolute atomic E-state index is 12.5. The average molecular weight is 332 g/mol. The third-order valence-corrected chi connectivity index (χ3v) is 2.53. The summed E-state index contributed by atoms with van der Waals surface area (Å²) in [6.07, 6.45) is -7.21. The van der Waals surface area contributed by atoms with Crippen LogP contribution in [0.2, 0.25) is 0 Å². The monoisotopic (exact) mass is 332 g/mol. The molecule has 0 aliphatic carbocycles. The third-order valence-electron chi connectivity index (χ3n) is 1.72. The Labute approximate surface area is 97.5 Å². The van der Waals surface area contributed by atoms with Crippen molar-refractivity contribution in [2.24, 2.45) is 0 Å². The minimum Gasteiger partial charge on any atom is -0.283 e. The summed E-state index contributed by atoms with van der Waals surface area (Å²) in [4.78, 5) is 0. The van der Waals surface area contributed by atoms with Gasteiger partial charge in [-0.2, -0.15) is 47.9 Å². The maximum atomic E-state index is 12.5. The normalized spacial score (nSPS) is 17.4. The van der Waals surface area contributed by atoms with Gasteiger partial charge in [-0.1, -0.05) is 0 Å². The summed E-state index contributed by atoms with van der Waals surface area (Å²) in [6, 6.07) is 0. The van der Waals surface area contributed by atoms with Crippen LogP contribution in [0.1, 0.15) is 0 Å². The first-order chi connectivity index (χ1) is 7.90. The van der Waals surface area contributed by atoms with Crippen molar-refractivity contribution in [2.75, 3.05) is 0 Å². The van der Waals surface area contributed by atoms with Crippen LogP contribution in [0.5, 0.6) is 0 Å². The highest BCUT2D eigenvalue weighted by molar-refractivity contribution is 7.86. The zero-order valence-corrected chi connectivity index (χ0v) is 8.85. The molecule has 0 heterocycles. The second-order valence-corrected chi connectivity index (χ2v) is 4.54. The van der Waals surface area contributed by atoms with Crippen LogP contribution >= 0.6 is 0 Å². The fraction of sp³-hybridized carbons (Fsp3) is 1.00. The number of hydrogen-bond donors (Lipinski definition) is 1. The lowest BCUT2D eigenvalue weighted by Gasteiger charge is -2.34. The lowest BCUT2D eigenvalue weighted by Crippen LogP contribution is -2.64. The van der Waals surface area contributed by atoms with Crippen LogP contribution < -0.4 is 0 Å². The molecule has 0 saturated heterocycles. The first kappa shape index (κ1) is 18.2. The molecule has 0 rings (SSSR count). The average Bonchev–Trinajstić information content (AvgIpc) is 2.12. The third kappa shape index (κ3) is 2.73. The molecule has 1 N–H and O–H groups in total. The summed E-state index contributed by atoms with van der Waals surface area (Å²) in [7, 11) is -6.65. The van der Waals surface area contributed by atoms with Gasteiger partial charge in [0.25, 0.3) is 5.50 Å². The fourth-order valence-electron chi connectivity index (χ4n) is 0.717. The molecule has 0 aromatic heterocycles. The molecule has 0 bridgehead atoms. The van der Waals surface area contributed by atoms with Gasteiger partial charge in [0.2, 0.25) is 0 Å². The van der Waals surface area contributed by atoms with Crippen molar-refractivity contribution in [2.45, 2.75) is 29.4 Å². The minimum atomic E-state index is -7.45. The van der Waals surface area contributed by atoms with E-state index in [9.17, 15) is 52.3 Å². The SMILES string of the molecule is O=S(=O)(O)C(F)C(F)(F)C(F)(F)C(F)(F)C(F)(F)F. The summed E-state index contributed by atoms with van der Waals surface area (Å²) in [5.74, 6) is -21.9. The summed E-state index contributed by atoms with van der Waals surface area (Å²) in [5, 5.41) is 0. The number of halogens is 10. The van der Waals surface area contributed by atoms with Gasteiger partial charge in [0.15, 0.2) is 0 Å². The predicted molar refractivity (Wildman–Crippen MR) is 37.3 cm³/mol. The molecule has 0 spiro atoms. The molecule has 116 valence electrons. The molecular weight excluding hydrogens is 330 g/mol. The van der Waals surface area contributed by atoms with Crippen LogP contribution in [-0.4, -0.2) is 42.4 Å². The van der Waals surface area contributed by atoms with Crippen LogP contribution in [0.3, 0.4) is 0 Å². The van der Waals surface area contributed by atoms with Gasteiger partial charge in [-0.3, -0.25) is 4.55 Å². The van der Waals surface area contributed by atoms with E-state index in [0.717, 1.165) is 0 Å². The fourth-order valence-corrected chi connectivity index (χ4v) is 1.24. The highest BCUT2D eigenvalue weighted by Gasteiger charge is 2.84. The highest BCUT2D eigenvalue weighted by atomic mass is 32.2. The standard InChI is InChI=1S/C5H2F10O3S/c6-1(19(16,17)18)2(7,8)3(9,10)4(11,12)5(13,14)15/h1H,(H,16,17,18). The Morgan fingerprint density at radius 2 is 1.11 bits per heavy atom. The van der Waals surface area contributed by atoms with E-state index in [-0.39, 0.29) is 0 Å². The van der Waals surface area contributed by atoms with Crippen molar-refractivity contribution in [3.05, 3.63) is 0 Å². The van der Waals surface area contributed by atoms with Crippen molar-refractivity contribution in [3.8, 4) is 0 Å². The van der Waals surface area contributed by atoms with Gasteiger partial charge in [0.05, 0.1) is 0 Å². The van der Waals surface area contributed by atoms with Gasteiger partial charge in [0.1, 0.15) is 0 Å². The summed E-state index contributed by atoms with van der Waals surface area (Å²) < 4.78 is 148. The second-order valence-electron chi connectivity index (χ2n) is 3.10. The minimum absolute atomic E-state index is 5.37. The molecule has 19 heavy (non-hydrogen) atoms. The molecule has 0 amide bonds. The van der Waals surface area contributed by atoms with Crippen molar-refractivity contribution < 1.29 is 56.9 Å². The Hall–Kier alpha value is -0.790. The summed E-state index contributed by atoms with van der Waals surface area (Å²) in [5.41, 5.74) is -5.37. The second kappa shape index (κ2) is 4.36.